The minimum atomic E-state index is -5.23. The number of carbonyl (C=O) groups excluding carboxylic acids is 1. The minimum absolute atomic E-state index is 0.00981. The topological polar surface area (TPSA) is 338 Å². The number of aliphatic hydroxyl groups excluding tert-OH is 2. The van der Waals surface area contributed by atoms with E-state index in [-0.39, 0.29) is 39.7 Å². The average molecular weight is 827 g/mol. The summed E-state index contributed by atoms with van der Waals surface area (Å²) in [6.45, 7) is 4.97. The first kappa shape index (κ1) is 40.9. The number of aliphatic hydroxyl groups is 2. The highest BCUT2D eigenvalue weighted by Crippen LogP contribution is 2.50. The Labute approximate surface area is 307 Å². The fraction of sp³-hybridized carbons (Fsp3) is 0.538. The second kappa shape index (κ2) is 16.2. The Morgan fingerprint density at radius 1 is 1.19 bits per heavy atom. The molecule has 5 rings (SSSR count). The van der Waals surface area contributed by atoms with Gasteiger partial charge in [-0.2, -0.15) is 4.98 Å². The molecule has 0 aromatic carbocycles. The summed E-state index contributed by atoms with van der Waals surface area (Å²) in [5, 5.41) is 21.8. The van der Waals surface area contributed by atoms with Crippen LogP contribution in [0.15, 0.2) is 41.7 Å². The monoisotopic (exact) mass is 826 g/mol. The smallest absolute Gasteiger partial charge is 0.464 e. The third kappa shape index (κ3) is 10.5. The van der Waals surface area contributed by atoms with E-state index in [1.54, 1.807) is 0 Å². The number of imidazole rings is 1. The summed E-state index contributed by atoms with van der Waals surface area (Å²) in [6.07, 6.45) is -6.92. The van der Waals surface area contributed by atoms with Gasteiger partial charge in [-0.1, -0.05) is 42.4 Å². The molecule has 5 heterocycles. The van der Waals surface area contributed by atoms with E-state index in [1.807, 2.05) is 20.8 Å². The minimum Gasteiger partial charge on any atom is -0.464 e. The second-order valence-electron chi connectivity index (χ2n) is 12.4. The van der Waals surface area contributed by atoms with Crippen LogP contribution in [-0.4, -0.2) is 108 Å². The molecule has 9 N–H and O–H groups in total. The molecule has 0 saturated carbocycles. The second-order valence-corrected chi connectivity index (χ2v) is 18.1. The Bertz CT molecular complexity index is 1990. The zero-order valence-corrected chi connectivity index (χ0v) is 31.3. The lowest BCUT2D eigenvalue weighted by atomic mass is 10.2. The van der Waals surface area contributed by atoms with Gasteiger partial charge in [-0.15, -0.1) is 0 Å². The summed E-state index contributed by atoms with van der Waals surface area (Å²) < 4.78 is 58.4. The molecule has 0 aliphatic carbocycles. The molecule has 3 aromatic heterocycles. The number of esters is 1. The van der Waals surface area contributed by atoms with Crippen LogP contribution in [0.1, 0.15) is 39.6 Å². The SMILES string of the molecule is CC(C)(C)SSCC(O)C(=O)O[C@@H]1/C(=C\OP(=O)(O)O[C@H]2C[C@H](n3ccc(N)nc3=O)O[C@@H]2COP(=O)(O)O)OC(n2cnc3c(N)ncnc32)[C@@H]1O. The number of aromatic nitrogens is 6. The van der Waals surface area contributed by atoms with Crippen LogP contribution >= 0.6 is 37.2 Å². The summed E-state index contributed by atoms with van der Waals surface area (Å²) in [5.74, 6) is -1.84. The molecule has 27 heteroatoms. The Balaban J connectivity index is 1.37. The first-order valence-electron chi connectivity index (χ1n) is 15.3. The Morgan fingerprint density at radius 3 is 2.60 bits per heavy atom. The fourth-order valence-corrected chi connectivity index (χ4v) is 8.43. The highest BCUT2D eigenvalue weighted by atomic mass is 33.1. The highest BCUT2D eigenvalue weighted by Gasteiger charge is 2.48. The molecule has 2 fully saturated rings. The molecule has 3 unspecified atom stereocenters. The molecule has 2 saturated heterocycles. The first-order chi connectivity index (χ1) is 24.7. The van der Waals surface area contributed by atoms with Crippen molar-refractivity contribution in [2.24, 2.45) is 0 Å². The molecule has 23 nitrogen and oxygen atoms in total. The van der Waals surface area contributed by atoms with Gasteiger partial charge in [-0.05, 0) is 6.07 Å². The molecule has 0 amide bonds. The van der Waals surface area contributed by atoms with E-state index in [1.165, 1.54) is 44.7 Å². The van der Waals surface area contributed by atoms with Gasteiger partial charge in [0.05, 0.1) is 6.61 Å². The van der Waals surface area contributed by atoms with E-state index >= 15 is 0 Å². The zero-order valence-electron chi connectivity index (χ0n) is 27.9. The molecular weight excluding hydrogens is 790 g/mol. The fourth-order valence-electron chi connectivity index (χ4n) is 4.90. The molecule has 0 spiro atoms. The van der Waals surface area contributed by atoms with Gasteiger partial charge in [0.25, 0.3) is 0 Å². The third-order valence-corrected chi connectivity index (χ3v) is 11.9. The summed E-state index contributed by atoms with van der Waals surface area (Å²) in [4.78, 5) is 70.2. The summed E-state index contributed by atoms with van der Waals surface area (Å²) in [5.41, 5.74) is 10.8. The van der Waals surface area contributed by atoms with Crippen LogP contribution in [0, 0.1) is 0 Å². The number of nitrogen functional groups attached to an aromatic ring is 2. The quantitative estimate of drug-likeness (QED) is 0.0498. The van der Waals surface area contributed by atoms with Crippen LogP contribution in [0.5, 0.6) is 0 Å². The standard InChI is InChI=1S/C26H36N8O15P2S2/c1-26(2,3)53-52-9-12(35)24(37)48-20-15(47-23(19(20)36)34-11-31-18-21(28)29-10-30-22(18)34)8-45-51(42,43)49-13-6-17(33-5-4-16(27)32-25(33)38)46-14(13)7-44-50(39,40)41/h4-5,8,10-14,17,19-20,23,35-36H,6-7,9H2,1-3H3,(H,42,43)(H2,27,32,38)(H2,28,29,30)(H2,39,40,41)/b15-8+/t12?,13-,14+,17+,19+,20+,23?/m0/s1. The zero-order chi connectivity index (χ0) is 38.9. The van der Waals surface area contributed by atoms with Crippen molar-refractivity contribution in [2.75, 3.05) is 23.8 Å². The van der Waals surface area contributed by atoms with Crippen LogP contribution in [-0.2, 0) is 41.7 Å². The first-order valence-corrected chi connectivity index (χ1v) is 20.6. The van der Waals surface area contributed by atoms with Gasteiger partial charge >= 0.3 is 27.3 Å². The highest BCUT2D eigenvalue weighted by molar-refractivity contribution is 8.77. The number of nitrogens with two attached hydrogens (primary N) is 2. The van der Waals surface area contributed by atoms with Gasteiger partial charge in [-0.3, -0.25) is 23.1 Å². The van der Waals surface area contributed by atoms with Crippen molar-refractivity contribution in [3.63, 3.8) is 0 Å². The lowest BCUT2D eigenvalue weighted by Crippen LogP contribution is -2.36. The van der Waals surface area contributed by atoms with E-state index in [4.69, 9.17) is 34.7 Å². The van der Waals surface area contributed by atoms with E-state index < -0.39 is 82.6 Å². The van der Waals surface area contributed by atoms with Crippen LogP contribution in [0.25, 0.3) is 11.2 Å². The average Bonchev–Trinajstić information content (AvgIpc) is 3.74. The van der Waals surface area contributed by atoms with Crippen LogP contribution in [0.3, 0.4) is 0 Å². The maximum absolute atomic E-state index is 13.3. The van der Waals surface area contributed by atoms with Gasteiger partial charge in [0, 0.05) is 23.1 Å². The number of phosphoric acid groups is 2. The molecular formula is C26H36N8O15P2S2. The van der Waals surface area contributed by atoms with Crippen molar-refractivity contribution in [1.82, 2.24) is 29.1 Å². The van der Waals surface area contributed by atoms with Crippen molar-refractivity contribution in [1.29, 1.82) is 0 Å². The lowest BCUT2D eigenvalue weighted by Gasteiger charge is -2.21. The number of hydrogen-bond donors (Lipinski definition) is 7. The van der Waals surface area contributed by atoms with Crippen molar-refractivity contribution >= 4 is 66.0 Å². The molecule has 3 aromatic rings. The largest absolute Gasteiger partial charge is 0.527 e. The number of ether oxygens (including phenoxy) is 3. The molecule has 53 heavy (non-hydrogen) atoms. The number of fused-ring (bicyclic) bond motifs is 1. The van der Waals surface area contributed by atoms with Crippen LogP contribution in [0.2, 0.25) is 0 Å². The Morgan fingerprint density at radius 2 is 1.92 bits per heavy atom. The predicted octanol–water partition coefficient (Wildman–Crippen LogP) is 0.330. The van der Waals surface area contributed by atoms with Crippen molar-refractivity contribution in [3.05, 3.63) is 47.4 Å². The van der Waals surface area contributed by atoms with Crippen LogP contribution < -0.4 is 17.2 Å². The van der Waals surface area contributed by atoms with Gasteiger partial charge in [0.15, 0.2) is 35.5 Å². The van der Waals surface area contributed by atoms with Crippen LogP contribution in [0.4, 0.5) is 11.6 Å². The molecule has 2 aliphatic rings. The Hall–Kier alpha value is -3.32. The number of carbonyl (C=O) groups is 1. The van der Waals surface area contributed by atoms with Crippen molar-refractivity contribution in [2.45, 2.75) is 74.9 Å². The van der Waals surface area contributed by atoms with Gasteiger partial charge in [-0.25, -0.2) is 33.7 Å². The number of phosphoric ester groups is 2. The van der Waals surface area contributed by atoms with E-state index in [0.29, 0.717) is 6.26 Å². The van der Waals surface area contributed by atoms with Crippen molar-refractivity contribution < 1.29 is 66.6 Å². The summed E-state index contributed by atoms with van der Waals surface area (Å²) >= 11 is 0. The summed E-state index contributed by atoms with van der Waals surface area (Å²) in [7, 11) is -7.66. The number of anilines is 2. The van der Waals surface area contributed by atoms with Crippen molar-refractivity contribution in [3.8, 4) is 0 Å². The van der Waals surface area contributed by atoms with Gasteiger partial charge in [0.2, 0.25) is 6.23 Å². The van der Waals surface area contributed by atoms with E-state index in [0.717, 1.165) is 10.9 Å². The number of nitrogens with zero attached hydrogens (tertiary/aromatic N) is 6. The summed E-state index contributed by atoms with van der Waals surface area (Å²) in [6, 6.07) is 1.27. The maximum Gasteiger partial charge on any atom is 0.527 e. The molecule has 292 valence electrons. The molecule has 2 aliphatic heterocycles. The van der Waals surface area contributed by atoms with E-state index in [9.17, 15) is 43.6 Å². The predicted molar refractivity (Wildman–Crippen MR) is 185 cm³/mol. The number of rotatable bonds is 14. The molecule has 8 atom stereocenters. The normalized spacial score (nSPS) is 26.0. The van der Waals surface area contributed by atoms with Gasteiger partial charge < -0.3 is 50.2 Å². The Kier molecular flexibility index (Phi) is 12.5. The lowest BCUT2D eigenvalue weighted by molar-refractivity contribution is -0.160. The maximum atomic E-state index is 13.3. The number of hydrogen-bond acceptors (Lipinski definition) is 20. The van der Waals surface area contributed by atoms with E-state index in [2.05, 4.69) is 24.5 Å². The third-order valence-electron chi connectivity index (χ3n) is 7.17. The molecule has 0 bridgehead atoms. The molecule has 0 radical (unpaired) electrons. The van der Waals surface area contributed by atoms with Gasteiger partial charge in [0.1, 0.15) is 48.7 Å².